The number of hydrogen-bond acceptors (Lipinski definition) is 3. The Morgan fingerprint density at radius 1 is 1.30 bits per heavy atom. The van der Waals surface area contributed by atoms with Crippen LogP contribution >= 0.6 is 0 Å². The molecule has 3 rings (SSSR count). The van der Waals surface area contributed by atoms with Gasteiger partial charge in [0.05, 0.1) is 12.0 Å². The van der Waals surface area contributed by atoms with Crippen molar-refractivity contribution in [2.45, 2.75) is 89.8 Å². The molecule has 0 spiro atoms. The highest BCUT2D eigenvalue weighted by Gasteiger charge is 2.56. The minimum Gasteiger partial charge on any atom is -0.481 e. The number of carboxylic acids is 1. The van der Waals surface area contributed by atoms with Gasteiger partial charge in [0.2, 0.25) is 0 Å². The number of allylic oxidation sites excluding steroid dienone is 2. The zero-order valence-corrected chi connectivity index (χ0v) is 16.5. The van der Waals surface area contributed by atoms with Crippen molar-refractivity contribution in [3.05, 3.63) is 11.6 Å². The third-order valence-corrected chi connectivity index (χ3v) is 7.40. The molecule has 3 saturated carbocycles. The lowest BCUT2D eigenvalue weighted by Crippen LogP contribution is -2.53. The van der Waals surface area contributed by atoms with Crippen LogP contribution in [0.4, 0.5) is 0 Å². The van der Waals surface area contributed by atoms with Crippen LogP contribution < -0.4 is 0 Å². The molecule has 150 valence electrons. The van der Waals surface area contributed by atoms with E-state index < -0.39 is 18.2 Å². The quantitative estimate of drug-likeness (QED) is 0.504. The molecule has 0 saturated heterocycles. The van der Waals surface area contributed by atoms with Gasteiger partial charge in [0, 0.05) is 6.42 Å². The highest BCUT2D eigenvalue weighted by molar-refractivity contribution is 5.66. The van der Waals surface area contributed by atoms with Crippen molar-refractivity contribution in [3.8, 4) is 11.8 Å². The largest absolute Gasteiger partial charge is 0.481 e. The van der Waals surface area contributed by atoms with Gasteiger partial charge in [0.25, 0.3) is 0 Å². The molecule has 3 aliphatic carbocycles. The Morgan fingerprint density at radius 3 is 2.70 bits per heavy atom. The number of aliphatic hydroxyl groups is 2. The summed E-state index contributed by atoms with van der Waals surface area (Å²) >= 11 is 0. The van der Waals surface area contributed by atoms with Crippen molar-refractivity contribution in [2.24, 2.45) is 23.2 Å². The normalized spacial score (nSPS) is 36.3. The number of hydrogen-bond donors (Lipinski definition) is 3. The maximum atomic E-state index is 10.8. The maximum absolute atomic E-state index is 10.8. The second-order valence-corrected chi connectivity index (χ2v) is 8.75. The fourth-order valence-corrected chi connectivity index (χ4v) is 5.68. The summed E-state index contributed by atoms with van der Waals surface area (Å²) in [6.45, 7) is 2.19. The van der Waals surface area contributed by atoms with Crippen LogP contribution in [0.2, 0.25) is 0 Å². The fourth-order valence-electron chi connectivity index (χ4n) is 5.68. The van der Waals surface area contributed by atoms with Gasteiger partial charge in [-0.1, -0.05) is 49.7 Å². The van der Waals surface area contributed by atoms with E-state index in [1.807, 2.05) is 0 Å². The summed E-state index contributed by atoms with van der Waals surface area (Å²) in [4.78, 5) is 10.8. The monoisotopic (exact) mass is 374 g/mol. The molecule has 4 nitrogen and oxygen atoms in total. The second-order valence-electron chi connectivity index (χ2n) is 8.75. The highest BCUT2D eigenvalue weighted by atomic mass is 16.4. The Balaban J connectivity index is 1.70. The number of rotatable bonds is 5. The second kappa shape index (κ2) is 8.80. The molecule has 5 atom stereocenters. The van der Waals surface area contributed by atoms with Crippen LogP contribution in [-0.4, -0.2) is 33.5 Å². The predicted octanol–water partition coefficient (Wildman–Crippen LogP) is 3.91. The molecule has 0 aromatic carbocycles. The maximum Gasteiger partial charge on any atom is 0.303 e. The van der Waals surface area contributed by atoms with Crippen molar-refractivity contribution < 1.29 is 20.1 Å². The molecule has 0 bridgehead atoms. The Bertz CT molecular complexity index is 622. The van der Waals surface area contributed by atoms with Gasteiger partial charge in [0.1, 0.15) is 6.10 Å². The van der Waals surface area contributed by atoms with Gasteiger partial charge in [-0.3, -0.25) is 4.79 Å². The molecular formula is C23H34O4. The van der Waals surface area contributed by atoms with E-state index in [0.29, 0.717) is 12.3 Å². The molecular weight excluding hydrogens is 340 g/mol. The highest BCUT2D eigenvalue weighted by Crippen LogP contribution is 2.62. The van der Waals surface area contributed by atoms with Crippen molar-refractivity contribution in [3.63, 3.8) is 0 Å². The van der Waals surface area contributed by atoms with Gasteiger partial charge in [-0.2, -0.15) is 0 Å². The molecule has 4 heteroatoms. The lowest BCUT2D eigenvalue weighted by atomic mass is 9.46. The van der Waals surface area contributed by atoms with Crippen molar-refractivity contribution >= 4 is 5.97 Å². The van der Waals surface area contributed by atoms with Gasteiger partial charge >= 0.3 is 5.97 Å². The van der Waals surface area contributed by atoms with Crippen molar-refractivity contribution in [2.75, 3.05) is 0 Å². The Labute approximate surface area is 163 Å². The average molecular weight is 375 g/mol. The lowest BCUT2D eigenvalue weighted by Gasteiger charge is -2.58. The first kappa shape index (κ1) is 20.4. The lowest BCUT2D eigenvalue weighted by molar-refractivity contribution is -0.136. The molecule has 3 fully saturated rings. The molecule has 3 N–H and O–H groups in total. The van der Waals surface area contributed by atoms with E-state index in [1.165, 1.54) is 24.8 Å². The minimum atomic E-state index is -0.757. The van der Waals surface area contributed by atoms with Crippen LogP contribution in [0.3, 0.4) is 0 Å². The number of carboxylic acid groups (broad SMARTS) is 1. The number of aliphatic carboxylic acids is 1. The number of aliphatic hydroxyl groups excluding tert-OH is 2. The summed E-state index contributed by atoms with van der Waals surface area (Å²) in [5, 5.41) is 29.9. The number of fused-ring (bicyclic) bond motifs is 1. The van der Waals surface area contributed by atoms with E-state index in [1.54, 1.807) is 0 Å². The van der Waals surface area contributed by atoms with Gasteiger partial charge < -0.3 is 15.3 Å². The molecule has 0 aromatic rings. The molecule has 3 aliphatic rings. The van der Waals surface area contributed by atoms with Crippen LogP contribution in [0, 0.1) is 35.0 Å². The van der Waals surface area contributed by atoms with Gasteiger partial charge in [0.15, 0.2) is 0 Å². The molecule has 0 aromatic heterocycles. The standard InChI is InChI=1S/C23H34O4/c1-2-23-14-13-21(25)18(11-12-20(24)16-7-4-3-5-8-16)19(23)15-17(23)9-6-10-22(26)27/h9,16,18-21,24-25H,2-8,10,13-15H2,1H3,(H,26,27)/t18-,19-,20?,21-,23-/m0/s1. The van der Waals surface area contributed by atoms with Gasteiger partial charge in [-0.15, -0.1) is 0 Å². The summed E-state index contributed by atoms with van der Waals surface area (Å²) in [5.74, 6) is 6.17. The smallest absolute Gasteiger partial charge is 0.303 e. The summed E-state index contributed by atoms with van der Waals surface area (Å²) in [7, 11) is 0. The Morgan fingerprint density at radius 2 is 2.04 bits per heavy atom. The number of carbonyl (C=O) groups is 1. The average Bonchev–Trinajstić information content (AvgIpc) is 2.66. The topological polar surface area (TPSA) is 77.8 Å². The summed E-state index contributed by atoms with van der Waals surface area (Å²) < 4.78 is 0. The van der Waals surface area contributed by atoms with Crippen molar-refractivity contribution in [1.29, 1.82) is 0 Å². The van der Waals surface area contributed by atoms with E-state index in [-0.39, 0.29) is 23.7 Å². The van der Waals surface area contributed by atoms with Gasteiger partial charge in [-0.05, 0) is 62.2 Å². The van der Waals surface area contributed by atoms with Crippen LogP contribution in [0.1, 0.15) is 77.6 Å². The zero-order chi connectivity index (χ0) is 19.4. The first-order chi connectivity index (χ1) is 13.0. The first-order valence-electron chi connectivity index (χ1n) is 10.8. The molecule has 0 aliphatic heterocycles. The first-order valence-corrected chi connectivity index (χ1v) is 10.8. The summed E-state index contributed by atoms with van der Waals surface area (Å²) in [6.07, 6.45) is 11.2. The van der Waals surface area contributed by atoms with E-state index in [4.69, 9.17) is 5.11 Å². The Kier molecular flexibility index (Phi) is 6.65. The van der Waals surface area contributed by atoms with Crippen LogP contribution in [0.15, 0.2) is 11.6 Å². The van der Waals surface area contributed by atoms with Crippen LogP contribution in [-0.2, 0) is 4.79 Å². The van der Waals surface area contributed by atoms with E-state index in [0.717, 1.165) is 38.5 Å². The fraction of sp³-hybridized carbons (Fsp3) is 0.783. The van der Waals surface area contributed by atoms with Crippen molar-refractivity contribution in [1.82, 2.24) is 0 Å². The van der Waals surface area contributed by atoms with E-state index >= 15 is 0 Å². The van der Waals surface area contributed by atoms with Crippen LogP contribution in [0.25, 0.3) is 0 Å². The molecule has 0 amide bonds. The zero-order valence-electron chi connectivity index (χ0n) is 16.5. The third kappa shape index (κ3) is 4.25. The SMILES string of the molecule is CC[C@@]12CC[C@H](O)[C@@H](C#CC(O)C3CCCCC3)[C@@H]1CC2=CCCC(=O)O. The van der Waals surface area contributed by atoms with Gasteiger partial charge in [-0.25, -0.2) is 0 Å². The Hall–Kier alpha value is -1.31. The van der Waals surface area contributed by atoms with E-state index in [9.17, 15) is 15.0 Å². The molecule has 27 heavy (non-hydrogen) atoms. The van der Waals surface area contributed by atoms with Crippen LogP contribution in [0.5, 0.6) is 0 Å². The predicted molar refractivity (Wildman–Crippen MR) is 105 cm³/mol. The van der Waals surface area contributed by atoms with E-state index in [2.05, 4.69) is 24.8 Å². The minimum absolute atomic E-state index is 0.0754. The third-order valence-electron chi connectivity index (χ3n) is 7.40. The molecule has 1 unspecified atom stereocenters. The summed E-state index contributed by atoms with van der Waals surface area (Å²) in [6, 6.07) is 0. The summed E-state index contributed by atoms with van der Waals surface area (Å²) in [5.41, 5.74) is 1.44. The molecule has 0 radical (unpaired) electrons. The molecule has 0 heterocycles.